The van der Waals surface area contributed by atoms with Gasteiger partial charge in [0.15, 0.2) is 0 Å². The topological polar surface area (TPSA) is 87.7 Å². The van der Waals surface area contributed by atoms with Gasteiger partial charge in [0.2, 0.25) is 0 Å². The van der Waals surface area contributed by atoms with Crippen molar-refractivity contribution in [2.45, 2.75) is 26.7 Å². The summed E-state index contributed by atoms with van der Waals surface area (Å²) in [6.07, 6.45) is 3.03. The zero-order valence-corrected chi connectivity index (χ0v) is 8.66. The summed E-state index contributed by atoms with van der Waals surface area (Å²) < 4.78 is 0.935. The van der Waals surface area contributed by atoms with Crippen molar-refractivity contribution in [1.82, 2.24) is 14.5 Å². The van der Waals surface area contributed by atoms with E-state index in [1.807, 2.05) is 23.8 Å². The van der Waals surface area contributed by atoms with Gasteiger partial charge in [-0.15, -0.1) is 0 Å². The first kappa shape index (κ1) is 11.2. The molecule has 2 N–H and O–H groups in total. The maximum absolute atomic E-state index is 11.4. The Kier molecular flexibility index (Phi) is 3.43. The van der Waals surface area contributed by atoms with E-state index < -0.39 is 17.1 Å². The summed E-state index contributed by atoms with van der Waals surface area (Å²) in [6, 6.07) is 0. The number of nitrogens with zero attached hydrogens (tertiary/aromatic N) is 1. The smallest absolute Gasteiger partial charge is 0.259 e. The molecular formula is C9H13N3O3. The third-order valence-corrected chi connectivity index (χ3v) is 1.94. The van der Waals surface area contributed by atoms with Gasteiger partial charge >= 0.3 is 17.1 Å². The molecule has 0 aliphatic rings. The van der Waals surface area contributed by atoms with Gasteiger partial charge in [0.25, 0.3) is 0 Å². The first-order valence-corrected chi connectivity index (χ1v) is 4.75. The Balaban J connectivity index is 3.50. The Morgan fingerprint density at radius 3 is 2.13 bits per heavy atom. The standard InChI is InChI=1S/C9H13N3O3/c1-3-5-6(4-2)12-8(14)10-7(13)11-9(12)15/h5H,3-4H2,1-2H3,(H2,10,11,13,14,15). The molecule has 0 aliphatic heterocycles. The lowest BCUT2D eigenvalue weighted by Gasteiger charge is -2.05. The summed E-state index contributed by atoms with van der Waals surface area (Å²) in [5, 5.41) is 0. The number of hydrogen-bond acceptors (Lipinski definition) is 3. The van der Waals surface area contributed by atoms with E-state index in [0.29, 0.717) is 18.5 Å². The van der Waals surface area contributed by atoms with E-state index in [9.17, 15) is 14.4 Å². The molecule has 82 valence electrons. The van der Waals surface area contributed by atoms with Gasteiger partial charge in [0.1, 0.15) is 0 Å². The second-order valence-electron chi connectivity index (χ2n) is 2.98. The molecule has 0 aromatic carbocycles. The van der Waals surface area contributed by atoms with Crippen molar-refractivity contribution in [2.24, 2.45) is 0 Å². The highest BCUT2D eigenvalue weighted by Crippen LogP contribution is 2.03. The SMILES string of the molecule is CCC=C(CC)n1c(=O)[nH]c(=O)[nH]c1=O. The fraction of sp³-hybridized carbons (Fsp3) is 0.444. The van der Waals surface area contributed by atoms with Crippen molar-refractivity contribution >= 4 is 5.70 Å². The second-order valence-corrected chi connectivity index (χ2v) is 2.98. The third-order valence-electron chi connectivity index (χ3n) is 1.94. The number of nitrogens with one attached hydrogen (secondary N) is 2. The zero-order chi connectivity index (χ0) is 11.4. The number of aromatic nitrogens is 3. The average Bonchev–Trinajstić information content (AvgIpc) is 2.14. The van der Waals surface area contributed by atoms with Crippen molar-refractivity contribution in [3.63, 3.8) is 0 Å². The Morgan fingerprint density at radius 2 is 1.73 bits per heavy atom. The Hall–Kier alpha value is -1.85. The molecule has 0 atom stereocenters. The van der Waals surface area contributed by atoms with Gasteiger partial charge in [0, 0.05) is 5.70 Å². The first-order valence-electron chi connectivity index (χ1n) is 4.75. The number of allylic oxidation sites excluding steroid dienone is 2. The molecule has 0 spiro atoms. The monoisotopic (exact) mass is 211 g/mol. The normalized spacial score (nSPS) is 11.7. The molecule has 0 aliphatic carbocycles. The largest absolute Gasteiger partial charge is 0.338 e. The Morgan fingerprint density at radius 1 is 1.20 bits per heavy atom. The first-order chi connectivity index (χ1) is 7.10. The fourth-order valence-corrected chi connectivity index (χ4v) is 1.32. The number of rotatable bonds is 3. The lowest BCUT2D eigenvalue weighted by atomic mass is 10.3. The molecule has 0 saturated carbocycles. The summed E-state index contributed by atoms with van der Waals surface area (Å²) in [6.45, 7) is 3.74. The van der Waals surface area contributed by atoms with Crippen molar-refractivity contribution in [3.8, 4) is 0 Å². The molecule has 0 radical (unpaired) electrons. The molecule has 1 heterocycles. The van der Waals surface area contributed by atoms with Crippen molar-refractivity contribution in [1.29, 1.82) is 0 Å². The fourth-order valence-electron chi connectivity index (χ4n) is 1.32. The summed E-state index contributed by atoms with van der Waals surface area (Å²) in [7, 11) is 0. The predicted octanol–water partition coefficient (Wildman–Crippen LogP) is -0.114. The molecule has 0 bridgehead atoms. The van der Waals surface area contributed by atoms with Crippen molar-refractivity contribution in [2.75, 3.05) is 0 Å². The summed E-state index contributed by atoms with van der Waals surface area (Å²) in [5.74, 6) is 0. The van der Waals surface area contributed by atoms with Crippen molar-refractivity contribution < 1.29 is 0 Å². The van der Waals surface area contributed by atoms with E-state index in [0.717, 1.165) is 4.57 Å². The zero-order valence-electron chi connectivity index (χ0n) is 8.66. The highest BCUT2D eigenvalue weighted by Gasteiger charge is 2.05. The van der Waals surface area contributed by atoms with Crippen LogP contribution in [0.2, 0.25) is 0 Å². The number of H-pyrrole nitrogens is 2. The molecule has 0 fully saturated rings. The highest BCUT2D eigenvalue weighted by molar-refractivity contribution is 5.43. The molecule has 6 heteroatoms. The van der Waals surface area contributed by atoms with Crippen LogP contribution in [0.3, 0.4) is 0 Å². The van der Waals surface area contributed by atoms with Gasteiger partial charge in [-0.1, -0.05) is 19.9 Å². The van der Waals surface area contributed by atoms with Gasteiger partial charge in [0.05, 0.1) is 0 Å². The van der Waals surface area contributed by atoms with Gasteiger partial charge in [-0.25, -0.2) is 19.0 Å². The van der Waals surface area contributed by atoms with Gasteiger partial charge in [-0.05, 0) is 12.8 Å². The quantitative estimate of drug-likeness (QED) is 0.731. The third kappa shape index (κ3) is 2.34. The van der Waals surface area contributed by atoms with E-state index >= 15 is 0 Å². The summed E-state index contributed by atoms with van der Waals surface area (Å²) in [5.41, 5.74) is -1.61. The lowest BCUT2D eigenvalue weighted by molar-refractivity contribution is 0.776. The minimum atomic E-state index is -0.784. The molecule has 0 amide bonds. The lowest BCUT2D eigenvalue weighted by Crippen LogP contribution is -2.42. The Bertz CT molecular complexity index is 498. The number of aromatic amines is 2. The van der Waals surface area contributed by atoms with Gasteiger partial charge in [-0.3, -0.25) is 9.97 Å². The van der Waals surface area contributed by atoms with Crippen LogP contribution >= 0.6 is 0 Å². The maximum Gasteiger partial charge on any atom is 0.338 e. The Labute approximate surface area is 85.3 Å². The molecule has 1 aromatic heterocycles. The second kappa shape index (κ2) is 4.59. The van der Waals surface area contributed by atoms with Gasteiger partial charge < -0.3 is 0 Å². The van der Waals surface area contributed by atoms with E-state index in [4.69, 9.17) is 0 Å². The maximum atomic E-state index is 11.4. The summed E-state index contributed by atoms with van der Waals surface area (Å²) in [4.78, 5) is 37.6. The van der Waals surface area contributed by atoms with Crippen LogP contribution in [0.4, 0.5) is 0 Å². The molecule has 15 heavy (non-hydrogen) atoms. The van der Waals surface area contributed by atoms with Crippen LogP contribution in [0.25, 0.3) is 5.70 Å². The predicted molar refractivity (Wildman–Crippen MR) is 56.8 cm³/mol. The minimum absolute atomic E-state index is 0.545. The molecular weight excluding hydrogens is 198 g/mol. The van der Waals surface area contributed by atoms with E-state index in [1.54, 1.807) is 6.08 Å². The molecule has 6 nitrogen and oxygen atoms in total. The van der Waals surface area contributed by atoms with Crippen molar-refractivity contribution in [3.05, 3.63) is 37.5 Å². The molecule has 0 saturated heterocycles. The van der Waals surface area contributed by atoms with E-state index in [-0.39, 0.29) is 0 Å². The number of hydrogen-bond donors (Lipinski definition) is 2. The van der Waals surface area contributed by atoms with Crippen LogP contribution in [-0.4, -0.2) is 14.5 Å². The van der Waals surface area contributed by atoms with Crippen LogP contribution in [0.5, 0.6) is 0 Å². The van der Waals surface area contributed by atoms with Gasteiger partial charge in [-0.2, -0.15) is 0 Å². The van der Waals surface area contributed by atoms with E-state index in [1.165, 1.54) is 0 Å². The van der Waals surface area contributed by atoms with E-state index in [2.05, 4.69) is 0 Å². The average molecular weight is 211 g/mol. The van der Waals surface area contributed by atoms with Crippen LogP contribution in [-0.2, 0) is 0 Å². The van der Waals surface area contributed by atoms with Crippen LogP contribution in [0.1, 0.15) is 26.7 Å². The van der Waals surface area contributed by atoms with Crippen LogP contribution in [0, 0.1) is 0 Å². The molecule has 0 unspecified atom stereocenters. The van der Waals surface area contributed by atoms with Crippen LogP contribution < -0.4 is 17.1 Å². The summed E-state index contributed by atoms with van der Waals surface area (Å²) >= 11 is 0. The minimum Gasteiger partial charge on any atom is -0.259 e. The highest BCUT2D eigenvalue weighted by atomic mass is 16.2. The van der Waals surface area contributed by atoms with Crippen LogP contribution in [0.15, 0.2) is 20.5 Å². The molecule has 1 rings (SSSR count). The molecule has 1 aromatic rings.